The lowest BCUT2D eigenvalue weighted by Crippen LogP contribution is -2.14. The summed E-state index contributed by atoms with van der Waals surface area (Å²) in [6, 6.07) is 13.8. The van der Waals surface area contributed by atoms with Crippen LogP contribution in [0.3, 0.4) is 0 Å². The molecule has 0 bridgehead atoms. The van der Waals surface area contributed by atoms with Gasteiger partial charge in [0.2, 0.25) is 15.9 Å². The molecule has 11 heteroatoms. The van der Waals surface area contributed by atoms with Gasteiger partial charge in [0.1, 0.15) is 5.52 Å². The molecule has 154 valence electrons. The van der Waals surface area contributed by atoms with Crippen molar-refractivity contribution >= 4 is 42.5 Å². The van der Waals surface area contributed by atoms with Gasteiger partial charge in [0.15, 0.2) is 5.58 Å². The second-order valence-electron chi connectivity index (χ2n) is 6.41. The van der Waals surface area contributed by atoms with E-state index in [2.05, 4.69) is 19.4 Å². The first-order valence-electron chi connectivity index (χ1n) is 8.62. The van der Waals surface area contributed by atoms with Crippen LogP contribution in [0.15, 0.2) is 76.3 Å². The van der Waals surface area contributed by atoms with E-state index in [1.54, 1.807) is 42.7 Å². The first kappa shape index (κ1) is 19.9. The molecule has 0 fully saturated rings. The molecule has 0 saturated heterocycles. The Hall–Kier alpha value is -3.44. The lowest BCUT2D eigenvalue weighted by Gasteiger charge is -2.09. The molecule has 0 amide bonds. The minimum atomic E-state index is -3.94. The van der Waals surface area contributed by atoms with Crippen LogP contribution in [0.25, 0.3) is 22.6 Å². The number of pyridine rings is 1. The highest BCUT2D eigenvalue weighted by molar-refractivity contribution is 7.92. The van der Waals surface area contributed by atoms with E-state index in [9.17, 15) is 16.8 Å². The summed E-state index contributed by atoms with van der Waals surface area (Å²) in [4.78, 5) is 8.34. The smallest absolute Gasteiger partial charge is 0.261 e. The van der Waals surface area contributed by atoms with E-state index < -0.39 is 20.0 Å². The van der Waals surface area contributed by atoms with Crippen molar-refractivity contribution in [2.75, 3.05) is 15.7 Å². The first-order chi connectivity index (χ1) is 14.2. The number of nitrogens with one attached hydrogen (secondary N) is 2. The Bertz CT molecular complexity index is 1420. The zero-order chi connectivity index (χ0) is 21.4. The number of oxazole rings is 1. The number of nitrogens with zero attached hydrogens (tertiary/aromatic N) is 2. The normalized spacial score (nSPS) is 12.0. The van der Waals surface area contributed by atoms with E-state index >= 15 is 0 Å². The van der Waals surface area contributed by atoms with Crippen LogP contribution in [0.4, 0.5) is 11.4 Å². The number of fused-ring (bicyclic) bond motifs is 1. The van der Waals surface area contributed by atoms with Gasteiger partial charge >= 0.3 is 0 Å². The monoisotopic (exact) mass is 444 g/mol. The molecule has 9 nitrogen and oxygen atoms in total. The minimum Gasteiger partial charge on any atom is -0.436 e. The highest BCUT2D eigenvalue weighted by Gasteiger charge is 2.18. The Morgan fingerprint density at radius 1 is 0.867 bits per heavy atom. The molecule has 4 aromatic rings. The molecule has 0 saturated carbocycles. The zero-order valence-electron chi connectivity index (χ0n) is 15.6. The van der Waals surface area contributed by atoms with E-state index in [0.717, 1.165) is 6.26 Å². The summed E-state index contributed by atoms with van der Waals surface area (Å²) < 4.78 is 58.7. The molecule has 0 aliphatic heterocycles. The Morgan fingerprint density at radius 3 is 2.23 bits per heavy atom. The highest BCUT2D eigenvalue weighted by Crippen LogP contribution is 2.30. The molecule has 0 aliphatic carbocycles. The van der Waals surface area contributed by atoms with Gasteiger partial charge < -0.3 is 4.42 Å². The van der Waals surface area contributed by atoms with Crippen LogP contribution in [0.5, 0.6) is 0 Å². The van der Waals surface area contributed by atoms with Gasteiger partial charge in [-0.1, -0.05) is 6.07 Å². The van der Waals surface area contributed by atoms with Gasteiger partial charge in [-0.05, 0) is 48.5 Å². The standard InChI is InChI=1S/C19H16N4O5S2/c1-29(24,25)22-14-5-7-15(8-6-14)30(26,27)23-16-3-2-4-17-18(16)21-19(28-17)13-9-11-20-12-10-13/h2-12,22-23H,1H3. The maximum absolute atomic E-state index is 12.8. The number of hydrogen-bond donors (Lipinski definition) is 2. The summed E-state index contributed by atoms with van der Waals surface area (Å²) in [6.45, 7) is 0. The summed E-state index contributed by atoms with van der Waals surface area (Å²) in [7, 11) is -7.40. The Kier molecular flexibility index (Phi) is 4.92. The summed E-state index contributed by atoms with van der Waals surface area (Å²) in [6.07, 6.45) is 4.23. The third kappa shape index (κ3) is 4.26. The lowest BCUT2D eigenvalue weighted by atomic mass is 10.3. The molecule has 0 unspecified atom stereocenters. The molecule has 4 rings (SSSR count). The molecule has 2 aromatic heterocycles. The van der Waals surface area contributed by atoms with Crippen molar-refractivity contribution < 1.29 is 21.3 Å². The summed E-state index contributed by atoms with van der Waals surface area (Å²) >= 11 is 0. The molecule has 2 N–H and O–H groups in total. The van der Waals surface area contributed by atoms with Crippen LogP contribution < -0.4 is 9.44 Å². The second-order valence-corrected chi connectivity index (χ2v) is 9.84. The average molecular weight is 444 g/mol. The van der Waals surface area contributed by atoms with E-state index in [-0.39, 0.29) is 16.3 Å². The number of anilines is 2. The Labute approximate surface area is 172 Å². The number of aromatic nitrogens is 2. The van der Waals surface area contributed by atoms with Crippen molar-refractivity contribution in [3.05, 3.63) is 67.0 Å². The van der Waals surface area contributed by atoms with Crippen LogP contribution in [-0.4, -0.2) is 33.1 Å². The topological polar surface area (TPSA) is 131 Å². The Balaban J connectivity index is 1.65. The van der Waals surface area contributed by atoms with Crippen molar-refractivity contribution in [3.8, 4) is 11.5 Å². The predicted molar refractivity (Wildman–Crippen MR) is 113 cm³/mol. The Morgan fingerprint density at radius 2 is 1.57 bits per heavy atom. The third-order valence-corrected chi connectivity index (χ3v) is 6.05. The molecule has 0 spiro atoms. The maximum atomic E-state index is 12.8. The van der Waals surface area contributed by atoms with Crippen LogP contribution in [0, 0.1) is 0 Å². The van der Waals surface area contributed by atoms with E-state index in [0.29, 0.717) is 22.6 Å². The van der Waals surface area contributed by atoms with Crippen LogP contribution in [0.1, 0.15) is 0 Å². The highest BCUT2D eigenvalue weighted by atomic mass is 32.2. The van der Waals surface area contributed by atoms with E-state index in [4.69, 9.17) is 4.42 Å². The SMILES string of the molecule is CS(=O)(=O)Nc1ccc(S(=O)(=O)Nc2cccc3oc(-c4ccncc4)nc23)cc1. The number of hydrogen-bond acceptors (Lipinski definition) is 7. The van der Waals surface area contributed by atoms with Crippen LogP contribution >= 0.6 is 0 Å². The van der Waals surface area contributed by atoms with Gasteiger partial charge in [-0.15, -0.1) is 0 Å². The molecular weight excluding hydrogens is 428 g/mol. The summed E-state index contributed by atoms with van der Waals surface area (Å²) in [5.41, 5.74) is 2.02. The molecule has 30 heavy (non-hydrogen) atoms. The van der Waals surface area contributed by atoms with Gasteiger partial charge in [0, 0.05) is 23.6 Å². The van der Waals surface area contributed by atoms with E-state index in [1.807, 2.05) is 0 Å². The van der Waals surface area contributed by atoms with Gasteiger partial charge in [0.25, 0.3) is 10.0 Å². The fourth-order valence-electron chi connectivity index (χ4n) is 2.77. The van der Waals surface area contributed by atoms with Crippen molar-refractivity contribution in [2.24, 2.45) is 0 Å². The summed E-state index contributed by atoms with van der Waals surface area (Å²) in [5, 5.41) is 0. The van der Waals surface area contributed by atoms with E-state index in [1.165, 1.54) is 24.3 Å². The van der Waals surface area contributed by atoms with Crippen LogP contribution in [0.2, 0.25) is 0 Å². The van der Waals surface area contributed by atoms with Gasteiger partial charge in [-0.3, -0.25) is 14.4 Å². The van der Waals surface area contributed by atoms with Gasteiger partial charge in [-0.2, -0.15) is 0 Å². The molecule has 0 aliphatic rings. The molecule has 0 atom stereocenters. The lowest BCUT2D eigenvalue weighted by molar-refractivity contribution is 0.601. The van der Waals surface area contributed by atoms with Gasteiger partial charge in [-0.25, -0.2) is 21.8 Å². The molecule has 2 aromatic carbocycles. The van der Waals surface area contributed by atoms with Crippen molar-refractivity contribution in [2.45, 2.75) is 4.90 Å². The quantitative estimate of drug-likeness (QED) is 0.467. The number of para-hydroxylation sites is 1. The fraction of sp³-hybridized carbons (Fsp3) is 0.0526. The fourth-order valence-corrected chi connectivity index (χ4v) is 4.40. The molecule has 0 radical (unpaired) electrons. The maximum Gasteiger partial charge on any atom is 0.261 e. The first-order valence-corrected chi connectivity index (χ1v) is 12.0. The second kappa shape index (κ2) is 7.43. The van der Waals surface area contributed by atoms with Crippen molar-refractivity contribution in [3.63, 3.8) is 0 Å². The zero-order valence-corrected chi connectivity index (χ0v) is 17.2. The third-order valence-electron chi connectivity index (χ3n) is 4.06. The van der Waals surface area contributed by atoms with Crippen molar-refractivity contribution in [1.82, 2.24) is 9.97 Å². The number of rotatable bonds is 6. The molecular formula is C19H16N4O5S2. The predicted octanol–water partition coefficient (Wildman–Crippen LogP) is 3.06. The number of benzene rings is 2. The number of sulfonamides is 2. The van der Waals surface area contributed by atoms with Crippen LogP contribution in [-0.2, 0) is 20.0 Å². The van der Waals surface area contributed by atoms with Gasteiger partial charge in [0.05, 0.1) is 16.8 Å². The summed E-state index contributed by atoms with van der Waals surface area (Å²) in [5.74, 6) is 0.343. The largest absolute Gasteiger partial charge is 0.436 e. The van der Waals surface area contributed by atoms with Crippen molar-refractivity contribution in [1.29, 1.82) is 0 Å². The average Bonchev–Trinajstić information content (AvgIpc) is 3.13. The minimum absolute atomic E-state index is 0.0311. The molecule has 2 heterocycles.